The van der Waals surface area contributed by atoms with Gasteiger partial charge in [0.15, 0.2) is 0 Å². The number of carbonyl (C=O) groups excluding carboxylic acids is 1. The lowest BCUT2D eigenvalue weighted by Gasteiger charge is -2.28. The van der Waals surface area contributed by atoms with Crippen molar-refractivity contribution in [3.63, 3.8) is 0 Å². The molecule has 0 aromatic carbocycles. The van der Waals surface area contributed by atoms with Gasteiger partial charge in [0.1, 0.15) is 0 Å². The van der Waals surface area contributed by atoms with Crippen LogP contribution in [0.4, 0.5) is 0 Å². The van der Waals surface area contributed by atoms with Crippen LogP contribution in [-0.4, -0.2) is 44.8 Å². The Kier molecular flexibility index (Phi) is 4.34. The standard InChI is InChI=1S/C15H23N3O3/c1-4-6-18-9-12(8-16-18)13(19)17-7-5-15(10-17,11(2)3)14(20)21/h8-9,11H,4-7,10H2,1-3H3,(H,20,21). The summed E-state index contributed by atoms with van der Waals surface area (Å²) in [4.78, 5) is 25.7. The third-order valence-corrected chi connectivity index (χ3v) is 4.45. The molecule has 0 radical (unpaired) electrons. The molecule has 0 aliphatic carbocycles. The fourth-order valence-corrected chi connectivity index (χ4v) is 2.91. The van der Waals surface area contributed by atoms with E-state index >= 15 is 0 Å². The van der Waals surface area contributed by atoms with Crippen molar-refractivity contribution in [1.82, 2.24) is 14.7 Å². The first kappa shape index (κ1) is 15.5. The molecule has 1 atom stereocenters. The maximum absolute atomic E-state index is 12.5. The van der Waals surface area contributed by atoms with E-state index in [0.29, 0.717) is 18.5 Å². The number of aryl methyl sites for hydroxylation is 1. The topological polar surface area (TPSA) is 75.4 Å². The van der Waals surface area contributed by atoms with Crippen LogP contribution in [0.25, 0.3) is 0 Å². The molecular weight excluding hydrogens is 270 g/mol. The van der Waals surface area contributed by atoms with E-state index in [4.69, 9.17) is 0 Å². The lowest BCUT2D eigenvalue weighted by molar-refractivity contribution is -0.150. The average molecular weight is 293 g/mol. The van der Waals surface area contributed by atoms with Gasteiger partial charge in [-0.25, -0.2) is 0 Å². The van der Waals surface area contributed by atoms with Crippen molar-refractivity contribution in [3.8, 4) is 0 Å². The van der Waals surface area contributed by atoms with Crippen LogP contribution in [0, 0.1) is 11.3 Å². The number of nitrogens with zero attached hydrogens (tertiary/aromatic N) is 3. The Morgan fingerprint density at radius 2 is 2.19 bits per heavy atom. The summed E-state index contributed by atoms with van der Waals surface area (Å²) < 4.78 is 1.75. The molecule has 1 amide bonds. The minimum absolute atomic E-state index is 0.00406. The Morgan fingerprint density at radius 3 is 2.71 bits per heavy atom. The maximum atomic E-state index is 12.5. The zero-order valence-corrected chi connectivity index (χ0v) is 12.9. The number of aromatic nitrogens is 2. The number of rotatable bonds is 5. The zero-order chi connectivity index (χ0) is 15.6. The van der Waals surface area contributed by atoms with E-state index in [1.165, 1.54) is 0 Å². The van der Waals surface area contributed by atoms with Gasteiger partial charge in [0.25, 0.3) is 5.91 Å². The quantitative estimate of drug-likeness (QED) is 0.899. The average Bonchev–Trinajstić information content (AvgIpc) is 3.05. The largest absolute Gasteiger partial charge is 0.481 e. The number of likely N-dealkylation sites (tertiary alicyclic amines) is 1. The number of carboxylic acid groups (broad SMARTS) is 1. The predicted molar refractivity (Wildman–Crippen MR) is 77.9 cm³/mol. The van der Waals surface area contributed by atoms with Gasteiger partial charge in [0, 0.05) is 25.8 Å². The van der Waals surface area contributed by atoms with Crippen LogP contribution in [0.5, 0.6) is 0 Å². The Bertz CT molecular complexity index is 538. The van der Waals surface area contributed by atoms with Gasteiger partial charge in [0.05, 0.1) is 17.2 Å². The first-order valence-electron chi connectivity index (χ1n) is 7.46. The van der Waals surface area contributed by atoms with Gasteiger partial charge < -0.3 is 10.0 Å². The van der Waals surface area contributed by atoms with Gasteiger partial charge in [-0.15, -0.1) is 0 Å². The molecule has 1 aromatic rings. The van der Waals surface area contributed by atoms with Crippen LogP contribution in [0.3, 0.4) is 0 Å². The van der Waals surface area contributed by atoms with E-state index in [9.17, 15) is 14.7 Å². The molecule has 0 bridgehead atoms. The van der Waals surface area contributed by atoms with Gasteiger partial charge >= 0.3 is 5.97 Å². The highest BCUT2D eigenvalue weighted by Crippen LogP contribution is 2.38. The summed E-state index contributed by atoms with van der Waals surface area (Å²) in [7, 11) is 0. The van der Waals surface area contributed by atoms with E-state index in [-0.39, 0.29) is 18.4 Å². The highest BCUT2D eigenvalue weighted by atomic mass is 16.4. The first-order chi connectivity index (χ1) is 9.90. The highest BCUT2D eigenvalue weighted by Gasteiger charge is 2.48. The first-order valence-corrected chi connectivity index (χ1v) is 7.46. The fraction of sp³-hybridized carbons (Fsp3) is 0.667. The molecule has 1 N–H and O–H groups in total. The molecule has 1 aromatic heterocycles. The van der Waals surface area contributed by atoms with Crippen LogP contribution in [0.2, 0.25) is 0 Å². The minimum Gasteiger partial charge on any atom is -0.481 e. The van der Waals surface area contributed by atoms with Crippen LogP contribution in [0.15, 0.2) is 12.4 Å². The summed E-state index contributed by atoms with van der Waals surface area (Å²) in [5.41, 5.74) is -0.289. The van der Waals surface area contributed by atoms with E-state index in [1.54, 1.807) is 22.0 Å². The normalized spacial score (nSPS) is 22.0. The van der Waals surface area contributed by atoms with E-state index in [0.717, 1.165) is 13.0 Å². The molecule has 6 heteroatoms. The molecule has 2 heterocycles. The molecule has 1 aliphatic heterocycles. The number of hydrogen-bond acceptors (Lipinski definition) is 3. The Labute approximate surface area is 124 Å². The molecule has 1 fully saturated rings. The van der Waals surface area contributed by atoms with Crippen LogP contribution in [0.1, 0.15) is 44.0 Å². The minimum atomic E-state index is -0.824. The molecule has 21 heavy (non-hydrogen) atoms. The summed E-state index contributed by atoms with van der Waals surface area (Å²) in [6.45, 7) is 7.40. The maximum Gasteiger partial charge on any atom is 0.311 e. The van der Waals surface area contributed by atoms with Crippen LogP contribution in [-0.2, 0) is 11.3 Å². The lowest BCUT2D eigenvalue weighted by Crippen LogP contribution is -2.40. The summed E-state index contributed by atoms with van der Waals surface area (Å²) in [5.74, 6) is -0.939. The second-order valence-corrected chi connectivity index (χ2v) is 6.08. The summed E-state index contributed by atoms with van der Waals surface area (Å²) >= 11 is 0. The number of carboxylic acids is 1. The van der Waals surface area contributed by atoms with Gasteiger partial charge in [-0.3, -0.25) is 14.3 Å². The summed E-state index contributed by atoms with van der Waals surface area (Å²) in [5, 5.41) is 13.7. The highest BCUT2D eigenvalue weighted by molar-refractivity contribution is 5.94. The summed E-state index contributed by atoms with van der Waals surface area (Å²) in [6, 6.07) is 0. The Morgan fingerprint density at radius 1 is 1.48 bits per heavy atom. The van der Waals surface area contributed by atoms with Crippen molar-refractivity contribution in [3.05, 3.63) is 18.0 Å². The Hall–Kier alpha value is -1.85. The smallest absolute Gasteiger partial charge is 0.311 e. The molecule has 1 saturated heterocycles. The van der Waals surface area contributed by atoms with E-state index in [1.807, 2.05) is 20.8 Å². The molecule has 1 aliphatic rings. The van der Waals surface area contributed by atoms with Crippen LogP contribution >= 0.6 is 0 Å². The number of hydrogen-bond donors (Lipinski definition) is 1. The van der Waals surface area contributed by atoms with Crippen molar-refractivity contribution in [1.29, 1.82) is 0 Å². The van der Waals surface area contributed by atoms with Crippen molar-refractivity contribution >= 4 is 11.9 Å². The van der Waals surface area contributed by atoms with Crippen LogP contribution < -0.4 is 0 Å². The third-order valence-electron chi connectivity index (χ3n) is 4.45. The molecular formula is C15H23N3O3. The van der Waals surface area contributed by atoms with Crippen molar-refractivity contribution < 1.29 is 14.7 Å². The monoisotopic (exact) mass is 293 g/mol. The predicted octanol–water partition coefficient (Wildman–Crippen LogP) is 1.87. The second kappa shape index (κ2) is 5.87. The number of carbonyl (C=O) groups is 2. The molecule has 6 nitrogen and oxygen atoms in total. The molecule has 1 unspecified atom stereocenters. The fourth-order valence-electron chi connectivity index (χ4n) is 2.91. The lowest BCUT2D eigenvalue weighted by atomic mass is 9.76. The van der Waals surface area contributed by atoms with Gasteiger partial charge in [-0.2, -0.15) is 5.10 Å². The second-order valence-electron chi connectivity index (χ2n) is 6.08. The van der Waals surface area contributed by atoms with E-state index in [2.05, 4.69) is 5.10 Å². The van der Waals surface area contributed by atoms with E-state index < -0.39 is 11.4 Å². The third kappa shape index (κ3) is 2.80. The summed E-state index contributed by atoms with van der Waals surface area (Å²) in [6.07, 6.45) is 4.76. The molecule has 116 valence electrons. The van der Waals surface area contributed by atoms with Crippen molar-refractivity contribution in [2.24, 2.45) is 11.3 Å². The SMILES string of the molecule is CCCn1cc(C(=O)N2CCC(C(=O)O)(C(C)C)C2)cn1. The molecule has 0 spiro atoms. The number of amides is 1. The zero-order valence-electron chi connectivity index (χ0n) is 12.9. The van der Waals surface area contributed by atoms with Crippen molar-refractivity contribution in [2.45, 2.75) is 40.2 Å². The Balaban J connectivity index is 2.12. The molecule has 0 saturated carbocycles. The molecule has 2 rings (SSSR count). The van der Waals surface area contributed by atoms with Gasteiger partial charge in [0.2, 0.25) is 0 Å². The van der Waals surface area contributed by atoms with Gasteiger partial charge in [-0.05, 0) is 18.8 Å². The van der Waals surface area contributed by atoms with Gasteiger partial charge in [-0.1, -0.05) is 20.8 Å². The van der Waals surface area contributed by atoms with Crippen molar-refractivity contribution in [2.75, 3.05) is 13.1 Å². The number of aliphatic carboxylic acids is 1.